The Kier molecular flexibility index (Phi) is 5.17. The van der Waals surface area contributed by atoms with Gasteiger partial charge in [-0.2, -0.15) is 13.2 Å². The van der Waals surface area contributed by atoms with Gasteiger partial charge in [0.15, 0.2) is 0 Å². The molecule has 0 spiro atoms. The predicted molar refractivity (Wildman–Crippen MR) is 88.2 cm³/mol. The molecule has 3 rings (SSSR count). The molecule has 25 heavy (non-hydrogen) atoms. The van der Waals surface area contributed by atoms with E-state index in [4.69, 9.17) is 0 Å². The second-order valence-electron chi connectivity index (χ2n) is 6.66. The number of fused-ring (bicyclic) bond motifs is 1. The molecule has 5 nitrogen and oxygen atoms in total. The minimum atomic E-state index is -4.41. The van der Waals surface area contributed by atoms with Crippen molar-refractivity contribution < 1.29 is 18.0 Å². The molecule has 1 amide bonds. The fourth-order valence-electron chi connectivity index (χ4n) is 3.94. The molecule has 0 aromatic carbocycles. The van der Waals surface area contributed by atoms with E-state index >= 15 is 0 Å². The van der Waals surface area contributed by atoms with Gasteiger partial charge in [-0.05, 0) is 37.9 Å². The number of pyridine rings is 1. The highest BCUT2D eigenvalue weighted by Gasteiger charge is 2.41. The van der Waals surface area contributed by atoms with Gasteiger partial charge in [-0.15, -0.1) is 0 Å². The lowest BCUT2D eigenvalue weighted by Gasteiger charge is -2.47. The molecule has 8 heteroatoms. The van der Waals surface area contributed by atoms with Crippen molar-refractivity contribution in [3.63, 3.8) is 0 Å². The number of hydrogen-bond donors (Lipinski definition) is 1. The van der Waals surface area contributed by atoms with Crippen molar-refractivity contribution in [3.8, 4) is 0 Å². The van der Waals surface area contributed by atoms with E-state index in [0.29, 0.717) is 32.5 Å². The number of aromatic nitrogens is 1. The monoisotopic (exact) mass is 356 g/mol. The van der Waals surface area contributed by atoms with Gasteiger partial charge in [-0.3, -0.25) is 4.79 Å². The Morgan fingerprint density at radius 2 is 2.16 bits per heavy atom. The van der Waals surface area contributed by atoms with Crippen molar-refractivity contribution in [1.82, 2.24) is 15.2 Å². The third kappa shape index (κ3) is 3.73. The fourth-order valence-corrected chi connectivity index (χ4v) is 3.94. The Hall–Kier alpha value is -1.83. The van der Waals surface area contributed by atoms with Crippen molar-refractivity contribution in [1.29, 1.82) is 0 Å². The number of nitrogens with zero attached hydrogens (tertiary/aromatic N) is 3. The average molecular weight is 356 g/mol. The molecule has 0 aliphatic carbocycles. The molecule has 3 heterocycles. The van der Waals surface area contributed by atoms with Crippen LogP contribution in [0.2, 0.25) is 0 Å². The minimum Gasteiger partial charge on any atom is -0.356 e. The predicted octanol–water partition coefficient (Wildman–Crippen LogP) is 2.14. The van der Waals surface area contributed by atoms with E-state index in [1.807, 2.05) is 11.9 Å². The molecular weight excluding hydrogens is 333 g/mol. The number of halogens is 3. The van der Waals surface area contributed by atoms with Crippen LogP contribution in [0.1, 0.15) is 24.8 Å². The van der Waals surface area contributed by atoms with Gasteiger partial charge in [0.1, 0.15) is 5.82 Å². The molecular formula is C17H23F3N4O. The standard InChI is InChI=1S/C17H23F3N4O/c1-21-8-10-24-14-6-9-23(11-12(14)4-5-15(24)25)16-13(17(18,19)20)3-2-7-22-16/h2-3,7,12,14,21H,4-6,8-11H2,1H3/t12-,14+/m0/s1. The molecule has 2 aliphatic heterocycles. The smallest absolute Gasteiger partial charge is 0.356 e. The summed E-state index contributed by atoms with van der Waals surface area (Å²) in [4.78, 5) is 19.9. The van der Waals surface area contributed by atoms with Crippen LogP contribution in [0.4, 0.5) is 19.0 Å². The van der Waals surface area contributed by atoms with Crippen LogP contribution >= 0.6 is 0 Å². The van der Waals surface area contributed by atoms with Crippen LogP contribution in [0.25, 0.3) is 0 Å². The molecule has 2 atom stereocenters. The maximum absolute atomic E-state index is 13.3. The van der Waals surface area contributed by atoms with Crippen LogP contribution in [0.5, 0.6) is 0 Å². The van der Waals surface area contributed by atoms with Crippen LogP contribution in [0, 0.1) is 5.92 Å². The van der Waals surface area contributed by atoms with E-state index in [2.05, 4.69) is 10.3 Å². The summed E-state index contributed by atoms with van der Waals surface area (Å²) in [6.45, 7) is 2.35. The third-order valence-corrected chi connectivity index (χ3v) is 5.14. The lowest BCUT2D eigenvalue weighted by atomic mass is 9.83. The van der Waals surface area contributed by atoms with Crippen LogP contribution in [0.3, 0.4) is 0 Å². The summed E-state index contributed by atoms with van der Waals surface area (Å²) in [5.41, 5.74) is -0.688. The number of carbonyl (C=O) groups is 1. The number of anilines is 1. The Labute approximate surface area is 145 Å². The Morgan fingerprint density at radius 3 is 2.88 bits per heavy atom. The summed E-state index contributed by atoms with van der Waals surface area (Å²) < 4.78 is 39.8. The number of likely N-dealkylation sites (N-methyl/N-ethyl adjacent to an activating group) is 1. The summed E-state index contributed by atoms with van der Waals surface area (Å²) in [6, 6.07) is 2.51. The van der Waals surface area contributed by atoms with Crippen molar-refractivity contribution in [2.24, 2.45) is 5.92 Å². The number of hydrogen-bond acceptors (Lipinski definition) is 4. The first kappa shape index (κ1) is 18.0. The zero-order chi connectivity index (χ0) is 18.0. The first-order valence-corrected chi connectivity index (χ1v) is 8.63. The molecule has 0 bridgehead atoms. The van der Waals surface area contributed by atoms with Gasteiger partial charge in [0.2, 0.25) is 5.91 Å². The van der Waals surface area contributed by atoms with Crippen LogP contribution in [-0.2, 0) is 11.0 Å². The van der Waals surface area contributed by atoms with Gasteiger partial charge in [0, 0.05) is 44.8 Å². The second-order valence-corrected chi connectivity index (χ2v) is 6.66. The van der Waals surface area contributed by atoms with E-state index in [9.17, 15) is 18.0 Å². The third-order valence-electron chi connectivity index (χ3n) is 5.14. The average Bonchev–Trinajstić information content (AvgIpc) is 2.60. The molecule has 1 aromatic heterocycles. The number of alkyl halides is 3. The molecule has 1 aromatic rings. The van der Waals surface area contributed by atoms with Gasteiger partial charge in [-0.25, -0.2) is 4.98 Å². The SMILES string of the molecule is CNCCN1C(=O)CC[C@H]2CN(c3ncccc3C(F)(F)F)CC[C@H]21. The van der Waals surface area contributed by atoms with Crippen molar-refractivity contribution in [2.45, 2.75) is 31.5 Å². The highest BCUT2D eigenvalue weighted by molar-refractivity contribution is 5.77. The zero-order valence-electron chi connectivity index (χ0n) is 14.2. The van der Waals surface area contributed by atoms with Crippen molar-refractivity contribution in [2.75, 3.05) is 38.1 Å². The lowest BCUT2D eigenvalue weighted by molar-refractivity contribution is -0.139. The van der Waals surface area contributed by atoms with Crippen LogP contribution in [-0.4, -0.2) is 55.1 Å². The van der Waals surface area contributed by atoms with Crippen LogP contribution in [0.15, 0.2) is 18.3 Å². The number of nitrogens with one attached hydrogen (secondary N) is 1. The molecule has 1 N–H and O–H groups in total. The molecule has 2 saturated heterocycles. The van der Waals surface area contributed by atoms with Crippen molar-refractivity contribution in [3.05, 3.63) is 23.9 Å². The van der Waals surface area contributed by atoms with Gasteiger partial charge in [0.25, 0.3) is 0 Å². The Morgan fingerprint density at radius 1 is 1.36 bits per heavy atom. The fraction of sp³-hybridized carbons (Fsp3) is 0.647. The number of likely N-dealkylation sites (tertiary alicyclic amines) is 1. The van der Waals surface area contributed by atoms with Gasteiger partial charge >= 0.3 is 6.18 Å². The van der Waals surface area contributed by atoms with E-state index in [1.165, 1.54) is 12.3 Å². The number of carbonyl (C=O) groups excluding carboxylic acids is 1. The first-order valence-electron chi connectivity index (χ1n) is 8.63. The first-order chi connectivity index (χ1) is 11.9. The maximum Gasteiger partial charge on any atom is 0.419 e. The molecule has 2 fully saturated rings. The summed E-state index contributed by atoms with van der Waals surface area (Å²) in [7, 11) is 1.84. The van der Waals surface area contributed by atoms with Crippen LogP contribution < -0.4 is 10.2 Å². The molecule has 0 unspecified atom stereocenters. The van der Waals surface area contributed by atoms with E-state index in [-0.39, 0.29) is 23.7 Å². The van der Waals surface area contributed by atoms with Gasteiger partial charge in [-0.1, -0.05) is 0 Å². The van der Waals surface area contributed by atoms with E-state index in [0.717, 1.165) is 19.0 Å². The molecule has 0 saturated carbocycles. The summed E-state index contributed by atoms with van der Waals surface area (Å²) in [5, 5.41) is 3.05. The van der Waals surface area contributed by atoms with Gasteiger partial charge < -0.3 is 15.1 Å². The van der Waals surface area contributed by atoms with E-state index in [1.54, 1.807) is 4.90 Å². The minimum absolute atomic E-state index is 0.00660. The summed E-state index contributed by atoms with van der Waals surface area (Å²) in [5.74, 6) is 0.345. The molecule has 0 radical (unpaired) electrons. The molecule has 138 valence electrons. The number of piperidine rings is 2. The maximum atomic E-state index is 13.3. The Balaban J connectivity index is 1.77. The van der Waals surface area contributed by atoms with Crippen molar-refractivity contribution >= 4 is 11.7 Å². The summed E-state index contributed by atoms with van der Waals surface area (Å²) >= 11 is 0. The summed E-state index contributed by atoms with van der Waals surface area (Å²) in [6.07, 6.45) is -1.15. The van der Waals surface area contributed by atoms with E-state index < -0.39 is 11.7 Å². The number of rotatable bonds is 4. The number of amides is 1. The highest BCUT2D eigenvalue weighted by atomic mass is 19.4. The molecule has 2 aliphatic rings. The highest BCUT2D eigenvalue weighted by Crippen LogP contribution is 2.38. The van der Waals surface area contributed by atoms with Gasteiger partial charge in [0.05, 0.1) is 5.56 Å². The largest absolute Gasteiger partial charge is 0.419 e. The second kappa shape index (κ2) is 7.19. The lowest BCUT2D eigenvalue weighted by Crippen LogP contribution is -2.57. The zero-order valence-corrected chi connectivity index (χ0v) is 14.2. The normalized spacial score (nSPS) is 24.4. The topological polar surface area (TPSA) is 48.5 Å². The quantitative estimate of drug-likeness (QED) is 0.898. The Bertz CT molecular complexity index is 622.